The van der Waals surface area contributed by atoms with E-state index in [-0.39, 0.29) is 12.5 Å². The maximum atomic E-state index is 11.7. The molecule has 2 rings (SSSR count). The highest BCUT2D eigenvalue weighted by Gasteiger charge is 2.08. The van der Waals surface area contributed by atoms with E-state index in [4.69, 9.17) is 0 Å². The molecule has 0 bridgehead atoms. The fraction of sp³-hybridized carbons (Fsp3) is 0.182. The van der Waals surface area contributed by atoms with Crippen LogP contribution in [0.5, 0.6) is 0 Å². The third-order valence-electron chi connectivity index (χ3n) is 2.26. The summed E-state index contributed by atoms with van der Waals surface area (Å²) in [5.74, 6) is -0.758. The fourth-order valence-corrected chi connectivity index (χ4v) is 1.44. The van der Waals surface area contributed by atoms with Crippen LogP contribution in [-0.2, 0) is 16.1 Å². The van der Waals surface area contributed by atoms with Gasteiger partial charge in [-0.3, -0.25) is 4.79 Å². The van der Waals surface area contributed by atoms with E-state index in [2.05, 4.69) is 25.6 Å². The van der Waals surface area contributed by atoms with Gasteiger partial charge in [0.1, 0.15) is 12.9 Å². The molecule has 0 aliphatic carbocycles. The van der Waals surface area contributed by atoms with Gasteiger partial charge in [-0.1, -0.05) is 6.07 Å². The van der Waals surface area contributed by atoms with E-state index >= 15 is 0 Å². The summed E-state index contributed by atoms with van der Waals surface area (Å²) in [5.41, 5.74) is 0.865. The molecular formula is C11H11N5O3. The van der Waals surface area contributed by atoms with Crippen LogP contribution in [0.15, 0.2) is 30.6 Å². The molecule has 8 heteroatoms. The number of methoxy groups -OCH3 is 1. The molecule has 2 aromatic rings. The SMILES string of the molecule is COC(=O)c1cccc(NC(=O)Cn2cnnn2)c1. The predicted octanol–water partition coefficient (Wildman–Crippen LogP) is 0.0984. The molecule has 0 unspecified atom stereocenters. The number of aromatic nitrogens is 4. The molecule has 0 aliphatic heterocycles. The molecule has 1 aromatic heterocycles. The first-order valence-corrected chi connectivity index (χ1v) is 5.38. The van der Waals surface area contributed by atoms with Crippen molar-refractivity contribution in [1.82, 2.24) is 20.2 Å². The molecule has 0 radical (unpaired) electrons. The topological polar surface area (TPSA) is 99.0 Å². The lowest BCUT2D eigenvalue weighted by Gasteiger charge is -2.06. The fourth-order valence-electron chi connectivity index (χ4n) is 1.44. The minimum atomic E-state index is -0.462. The molecule has 0 atom stereocenters. The van der Waals surface area contributed by atoms with Gasteiger partial charge in [0.2, 0.25) is 5.91 Å². The number of tetrazole rings is 1. The van der Waals surface area contributed by atoms with E-state index in [0.717, 1.165) is 0 Å². The summed E-state index contributed by atoms with van der Waals surface area (Å²) in [5, 5.41) is 13.1. The van der Waals surface area contributed by atoms with E-state index < -0.39 is 5.97 Å². The minimum Gasteiger partial charge on any atom is -0.465 e. The average Bonchev–Trinajstić information content (AvgIpc) is 2.90. The van der Waals surface area contributed by atoms with Gasteiger partial charge in [-0.15, -0.1) is 5.10 Å². The second-order valence-corrected chi connectivity index (χ2v) is 3.63. The van der Waals surface area contributed by atoms with Crippen LogP contribution in [0.1, 0.15) is 10.4 Å². The highest BCUT2D eigenvalue weighted by Crippen LogP contribution is 2.11. The number of anilines is 1. The van der Waals surface area contributed by atoms with Crippen molar-refractivity contribution < 1.29 is 14.3 Å². The number of amides is 1. The Labute approximate surface area is 108 Å². The molecule has 1 aromatic carbocycles. The lowest BCUT2D eigenvalue weighted by molar-refractivity contribution is -0.116. The molecule has 0 saturated carbocycles. The summed E-state index contributed by atoms with van der Waals surface area (Å²) >= 11 is 0. The van der Waals surface area contributed by atoms with E-state index in [9.17, 15) is 9.59 Å². The van der Waals surface area contributed by atoms with E-state index in [0.29, 0.717) is 11.3 Å². The van der Waals surface area contributed by atoms with Gasteiger partial charge in [0.05, 0.1) is 12.7 Å². The van der Waals surface area contributed by atoms with E-state index in [1.165, 1.54) is 24.2 Å². The lowest BCUT2D eigenvalue weighted by Crippen LogP contribution is -2.19. The number of rotatable bonds is 4. The average molecular weight is 261 g/mol. The van der Waals surface area contributed by atoms with Gasteiger partial charge in [-0.2, -0.15) is 0 Å². The highest BCUT2D eigenvalue weighted by molar-refractivity contribution is 5.94. The van der Waals surface area contributed by atoms with Crippen LogP contribution >= 0.6 is 0 Å². The van der Waals surface area contributed by atoms with Crippen LogP contribution < -0.4 is 5.32 Å². The van der Waals surface area contributed by atoms with Gasteiger partial charge in [0, 0.05) is 5.69 Å². The molecule has 19 heavy (non-hydrogen) atoms. The van der Waals surface area contributed by atoms with Crippen molar-refractivity contribution in [3.63, 3.8) is 0 Å². The number of hydrogen-bond acceptors (Lipinski definition) is 6. The van der Waals surface area contributed by atoms with Crippen molar-refractivity contribution in [2.45, 2.75) is 6.54 Å². The maximum Gasteiger partial charge on any atom is 0.337 e. The zero-order chi connectivity index (χ0) is 13.7. The van der Waals surface area contributed by atoms with E-state index in [1.54, 1.807) is 18.2 Å². The zero-order valence-corrected chi connectivity index (χ0v) is 10.1. The third-order valence-corrected chi connectivity index (χ3v) is 2.26. The highest BCUT2D eigenvalue weighted by atomic mass is 16.5. The van der Waals surface area contributed by atoms with Gasteiger partial charge in [-0.05, 0) is 28.6 Å². The normalized spacial score (nSPS) is 9.95. The van der Waals surface area contributed by atoms with Crippen LogP contribution in [0.3, 0.4) is 0 Å². The standard InChI is InChI=1S/C11H11N5O3/c1-19-11(18)8-3-2-4-9(5-8)13-10(17)6-16-7-12-14-15-16/h2-5,7H,6H2,1H3,(H,13,17). The van der Waals surface area contributed by atoms with Gasteiger partial charge >= 0.3 is 5.97 Å². The zero-order valence-electron chi connectivity index (χ0n) is 10.1. The molecule has 0 aliphatic rings. The smallest absolute Gasteiger partial charge is 0.337 e. The third kappa shape index (κ3) is 3.35. The quantitative estimate of drug-likeness (QED) is 0.783. The molecule has 0 spiro atoms. The first-order chi connectivity index (χ1) is 9.19. The number of carbonyl (C=O) groups is 2. The van der Waals surface area contributed by atoms with Crippen LogP contribution in [0.25, 0.3) is 0 Å². The van der Waals surface area contributed by atoms with E-state index in [1.807, 2.05) is 0 Å². The second-order valence-electron chi connectivity index (χ2n) is 3.63. The summed E-state index contributed by atoms with van der Waals surface area (Å²) in [4.78, 5) is 23.0. The first-order valence-electron chi connectivity index (χ1n) is 5.38. The minimum absolute atomic E-state index is 0.00451. The first kappa shape index (κ1) is 12.7. The van der Waals surface area contributed by atoms with Crippen LogP contribution in [0, 0.1) is 0 Å². The monoisotopic (exact) mass is 261 g/mol. The van der Waals surface area contributed by atoms with Gasteiger partial charge < -0.3 is 10.1 Å². The van der Waals surface area contributed by atoms with Gasteiger partial charge in [-0.25, -0.2) is 9.48 Å². The lowest BCUT2D eigenvalue weighted by atomic mass is 10.2. The number of nitrogens with one attached hydrogen (secondary N) is 1. The number of nitrogens with zero attached hydrogens (tertiary/aromatic N) is 4. The molecule has 98 valence electrons. The molecule has 8 nitrogen and oxygen atoms in total. The van der Waals surface area contributed by atoms with Gasteiger partial charge in [0.25, 0.3) is 0 Å². The Bertz CT molecular complexity index is 582. The number of ether oxygens (including phenoxy) is 1. The van der Waals surface area contributed by atoms with Crippen molar-refractivity contribution >= 4 is 17.6 Å². The molecule has 0 saturated heterocycles. The second kappa shape index (κ2) is 5.71. The van der Waals surface area contributed by atoms with Crippen LogP contribution in [-0.4, -0.2) is 39.2 Å². The van der Waals surface area contributed by atoms with Gasteiger partial charge in [0.15, 0.2) is 0 Å². The summed E-state index contributed by atoms with van der Waals surface area (Å²) in [6.45, 7) is -0.00451. The summed E-state index contributed by atoms with van der Waals surface area (Å²) in [6.07, 6.45) is 1.34. The number of hydrogen-bond donors (Lipinski definition) is 1. The Balaban J connectivity index is 2.02. The van der Waals surface area contributed by atoms with Crippen molar-refractivity contribution in [2.75, 3.05) is 12.4 Å². The number of esters is 1. The van der Waals surface area contributed by atoms with Crippen LogP contribution in [0.4, 0.5) is 5.69 Å². The van der Waals surface area contributed by atoms with Crippen molar-refractivity contribution in [2.24, 2.45) is 0 Å². The predicted molar refractivity (Wildman–Crippen MR) is 64.2 cm³/mol. The number of carbonyl (C=O) groups excluding carboxylic acids is 2. The molecule has 1 heterocycles. The Morgan fingerprint density at radius 2 is 2.26 bits per heavy atom. The molecular weight excluding hydrogens is 250 g/mol. The molecule has 1 amide bonds. The molecule has 0 fully saturated rings. The van der Waals surface area contributed by atoms with Crippen molar-refractivity contribution in [3.8, 4) is 0 Å². The Kier molecular flexibility index (Phi) is 3.81. The Morgan fingerprint density at radius 3 is 2.95 bits per heavy atom. The number of benzene rings is 1. The Hall–Kier alpha value is -2.77. The Morgan fingerprint density at radius 1 is 1.42 bits per heavy atom. The summed E-state index contributed by atoms with van der Waals surface area (Å²) in [7, 11) is 1.30. The maximum absolute atomic E-state index is 11.7. The van der Waals surface area contributed by atoms with Crippen molar-refractivity contribution in [3.05, 3.63) is 36.2 Å². The summed E-state index contributed by atoms with van der Waals surface area (Å²) in [6, 6.07) is 6.45. The van der Waals surface area contributed by atoms with Crippen molar-refractivity contribution in [1.29, 1.82) is 0 Å². The largest absolute Gasteiger partial charge is 0.465 e. The molecule has 1 N–H and O–H groups in total. The summed E-state index contributed by atoms with van der Waals surface area (Å²) < 4.78 is 5.89. The van der Waals surface area contributed by atoms with Crippen LogP contribution in [0.2, 0.25) is 0 Å².